The van der Waals surface area contributed by atoms with Gasteiger partial charge in [0, 0.05) is 12.1 Å². The minimum Gasteiger partial charge on any atom is -0.496 e. The molecule has 1 aromatic carbocycles. The van der Waals surface area contributed by atoms with Crippen LogP contribution in [0.15, 0.2) is 18.2 Å². The molecule has 1 rings (SSSR count). The minimum atomic E-state index is -0.0338. The Balaban J connectivity index is 2.98. The van der Waals surface area contributed by atoms with Crippen LogP contribution in [-0.4, -0.2) is 31.6 Å². The molecule has 0 aliphatic carbocycles. The molecule has 0 radical (unpaired) electrons. The first-order valence-corrected chi connectivity index (χ1v) is 7.51. The van der Waals surface area contributed by atoms with Crippen molar-refractivity contribution in [2.45, 2.75) is 39.0 Å². The van der Waals surface area contributed by atoms with Crippen molar-refractivity contribution < 1.29 is 4.74 Å². The normalized spacial score (nSPS) is 13.1. The molecule has 0 saturated heterocycles. The Kier molecular flexibility index (Phi) is 6.67. The molecule has 0 aliphatic heterocycles. The average Bonchev–Trinajstić information content (AvgIpc) is 2.43. The summed E-state index contributed by atoms with van der Waals surface area (Å²) in [6.07, 6.45) is 0. The fraction of sp³-hybridized carbons (Fsp3) is 0.625. The summed E-state index contributed by atoms with van der Waals surface area (Å²) in [5, 5.41) is -0.0338. The van der Waals surface area contributed by atoms with Gasteiger partial charge in [0.15, 0.2) is 0 Å². The molecule has 1 atom stereocenters. The molecule has 108 valence electrons. The van der Waals surface area contributed by atoms with Gasteiger partial charge in [0.25, 0.3) is 0 Å². The molecule has 0 spiro atoms. The van der Waals surface area contributed by atoms with Crippen LogP contribution in [0.5, 0.6) is 5.75 Å². The number of hydrogen-bond acceptors (Lipinski definition) is 2. The van der Waals surface area contributed by atoms with E-state index in [9.17, 15) is 0 Å². The van der Waals surface area contributed by atoms with Gasteiger partial charge >= 0.3 is 0 Å². The van der Waals surface area contributed by atoms with Crippen molar-refractivity contribution in [1.29, 1.82) is 0 Å². The number of halogens is 1. The number of methoxy groups -OCH3 is 1. The average molecular weight is 284 g/mol. The van der Waals surface area contributed by atoms with Gasteiger partial charge in [0.05, 0.1) is 12.5 Å². The van der Waals surface area contributed by atoms with Crippen LogP contribution in [0.1, 0.15) is 50.1 Å². The molecule has 19 heavy (non-hydrogen) atoms. The van der Waals surface area contributed by atoms with Crippen LogP contribution in [0.2, 0.25) is 0 Å². The number of ether oxygens (including phenoxy) is 1. The second-order valence-electron chi connectivity index (χ2n) is 5.11. The zero-order chi connectivity index (χ0) is 14.4. The van der Waals surface area contributed by atoms with Gasteiger partial charge < -0.3 is 9.64 Å². The summed E-state index contributed by atoms with van der Waals surface area (Å²) in [5.74, 6) is 1.39. The standard InChI is InChI=1S/C16H26ClNO/c1-6-18(7-2)11-15(17)14-10-13(12(3)4)8-9-16(14)19-5/h8-10,12,15H,6-7,11H2,1-5H3. The first-order chi connectivity index (χ1) is 9.03. The zero-order valence-electron chi connectivity index (χ0n) is 12.7. The fourth-order valence-electron chi connectivity index (χ4n) is 2.16. The topological polar surface area (TPSA) is 12.5 Å². The van der Waals surface area contributed by atoms with E-state index in [0.29, 0.717) is 5.92 Å². The summed E-state index contributed by atoms with van der Waals surface area (Å²) in [6.45, 7) is 11.6. The second kappa shape index (κ2) is 7.76. The number of likely N-dealkylation sites (N-methyl/N-ethyl adjacent to an activating group) is 1. The van der Waals surface area contributed by atoms with Gasteiger partial charge in [-0.15, -0.1) is 11.6 Å². The highest BCUT2D eigenvalue weighted by Crippen LogP contribution is 2.33. The minimum absolute atomic E-state index is 0.0338. The molecule has 0 N–H and O–H groups in total. The number of benzene rings is 1. The molecule has 0 saturated carbocycles. The van der Waals surface area contributed by atoms with E-state index in [4.69, 9.17) is 16.3 Å². The Morgan fingerprint density at radius 3 is 2.32 bits per heavy atom. The highest BCUT2D eigenvalue weighted by Gasteiger charge is 2.17. The highest BCUT2D eigenvalue weighted by molar-refractivity contribution is 6.21. The van der Waals surface area contributed by atoms with E-state index in [-0.39, 0.29) is 5.38 Å². The Morgan fingerprint density at radius 2 is 1.84 bits per heavy atom. The summed E-state index contributed by atoms with van der Waals surface area (Å²) < 4.78 is 5.45. The summed E-state index contributed by atoms with van der Waals surface area (Å²) >= 11 is 6.60. The summed E-state index contributed by atoms with van der Waals surface area (Å²) in [7, 11) is 1.70. The third-order valence-electron chi connectivity index (χ3n) is 3.57. The maximum absolute atomic E-state index is 6.60. The van der Waals surface area contributed by atoms with Crippen molar-refractivity contribution in [2.24, 2.45) is 0 Å². The lowest BCUT2D eigenvalue weighted by Crippen LogP contribution is -2.26. The van der Waals surface area contributed by atoms with Crippen molar-refractivity contribution in [3.63, 3.8) is 0 Å². The molecule has 0 aliphatic rings. The van der Waals surface area contributed by atoms with E-state index in [1.165, 1.54) is 5.56 Å². The van der Waals surface area contributed by atoms with Crippen molar-refractivity contribution in [2.75, 3.05) is 26.7 Å². The van der Waals surface area contributed by atoms with Crippen molar-refractivity contribution in [3.8, 4) is 5.75 Å². The van der Waals surface area contributed by atoms with Crippen LogP contribution in [0.25, 0.3) is 0 Å². The van der Waals surface area contributed by atoms with Gasteiger partial charge in [-0.1, -0.05) is 39.8 Å². The Labute approximate surface area is 122 Å². The SMILES string of the molecule is CCN(CC)CC(Cl)c1cc(C(C)C)ccc1OC. The maximum Gasteiger partial charge on any atom is 0.123 e. The Morgan fingerprint density at radius 1 is 1.21 bits per heavy atom. The quantitative estimate of drug-likeness (QED) is 0.686. The van der Waals surface area contributed by atoms with Crippen LogP contribution in [0, 0.1) is 0 Å². The van der Waals surface area contributed by atoms with E-state index < -0.39 is 0 Å². The Bertz CT molecular complexity index is 388. The molecule has 0 amide bonds. The van der Waals surface area contributed by atoms with Gasteiger partial charge in [-0.2, -0.15) is 0 Å². The van der Waals surface area contributed by atoms with Gasteiger partial charge in [-0.25, -0.2) is 0 Å². The van der Waals surface area contributed by atoms with E-state index in [0.717, 1.165) is 30.9 Å². The highest BCUT2D eigenvalue weighted by atomic mass is 35.5. The molecule has 1 unspecified atom stereocenters. The molecule has 1 aromatic rings. The zero-order valence-corrected chi connectivity index (χ0v) is 13.5. The van der Waals surface area contributed by atoms with Gasteiger partial charge in [-0.05, 0) is 30.6 Å². The van der Waals surface area contributed by atoms with Crippen LogP contribution in [0.4, 0.5) is 0 Å². The van der Waals surface area contributed by atoms with Crippen LogP contribution in [0.3, 0.4) is 0 Å². The Hall–Kier alpha value is -0.730. The number of alkyl halides is 1. The van der Waals surface area contributed by atoms with Crippen molar-refractivity contribution >= 4 is 11.6 Å². The number of rotatable bonds is 7. The van der Waals surface area contributed by atoms with E-state index in [2.05, 4.69) is 44.7 Å². The maximum atomic E-state index is 6.60. The molecule has 0 heterocycles. The largest absolute Gasteiger partial charge is 0.496 e. The van der Waals surface area contributed by atoms with E-state index in [1.54, 1.807) is 7.11 Å². The summed E-state index contributed by atoms with van der Waals surface area (Å²) in [5.41, 5.74) is 2.41. The lowest BCUT2D eigenvalue weighted by Gasteiger charge is -2.23. The summed E-state index contributed by atoms with van der Waals surface area (Å²) in [4.78, 5) is 2.33. The first-order valence-electron chi connectivity index (χ1n) is 7.07. The second-order valence-corrected chi connectivity index (χ2v) is 5.64. The van der Waals surface area contributed by atoms with Crippen LogP contribution < -0.4 is 4.74 Å². The van der Waals surface area contributed by atoms with Crippen molar-refractivity contribution in [3.05, 3.63) is 29.3 Å². The molecular weight excluding hydrogens is 258 g/mol. The lowest BCUT2D eigenvalue weighted by atomic mass is 9.98. The molecule has 2 nitrogen and oxygen atoms in total. The first kappa shape index (κ1) is 16.3. The van der Waals surface area contributed by atoms with E-state index >= 15 is 0 Å². The third kappa shape index (κ3) is 4.39. The molecule has 0 aromatic heterocycles. The third-order valence-corrected chi connectivity index (χ3v) is 3.94. The smallest absolute Gasteiger partial charge is 0.123 e. The lowest BCUT2D eigenvalue weighted by molar-refractivity contribution is 0.301. The number of hydrogen-bond donors (Lipinski definition) is 0. The molecule has 0 bridgehead atoms. The molecule has 3 heteroatoms. The summed E-state index contributed by atoms with van der Waals surface area (Å²) in [6, 6.07) is 6.33. The fourth-order valence-corrected chi connectivity index (χ4v) is 2.53. The van der Waals surface area contributed by atoms with Crippen LogP contribution in [-0.2, 0) is 0 Å². The van der Waals surface area contributed by atoms with Gasteiger partial charge in [-0.3, -0.25) is 0 Å². The van der Waals surface area contributed by atoms with Gasteiger partial charge in [0.1, 0.15) is 5.75 Å². The predicted octanol–water partition coefficient (Wildman–Crippen LogP) is 4.44. The van der Waals surface area contributed by atoms with Crippen molar-refractivity contribution in [1.82, 2.24) is 4.90 Å². The van der Waals surface area contributed by atoms with Crippen LogP contribution >= 0.6 is 11.6 Å². The monoisotopic (exact) mass is 283 g/mol. The number of nitrogens with zero attached hydrogens (tertiary/aromatic N) is 1. The van der Waals surface area contributed by atoms with Gasteiger partial charge in [0.2, 0.25) is 0 Å². The predicted molar refractivity (Wildman–Crippen MR) is 83.5 cm³/mol. The van der Waals surface area contributed by atoms with E-state index in [1.807, 2.05) is 6.07 Å². The molecule has 0 fully saturated rings. The molecular formula is C16H26ClNO.